The van der Waals surface area contributed by atoms with Crippen LogP contribution >= 0.6 is 0 Å². The second kappa shape index (κ2) is 8.68. The van der Waals surface area contributed by atoms with E-state index >= 15 is 0 Å². The Labute approximate surface area is 165 Å². The molecule has 8 heteroatoms. The molecular weight excluding hydrogens is 381 g/mol. The van der Waals surface area contributed by atoms with E-state index in [2.05, 4.69) is 4.98 Å². The van der Waals surface area contributed by atoms with Gasteiger partial charge in [0.2, 0.25) is 10.0 Å². The van der Waals surface area contributed by atoms with Gasteiger partial charge in [-0.15, -0.1) is 0 Å². The highest BCUT2D eigenvalue weighted by Crippen LogP contribution is 2.24. The van der Waals surface area contributed by atoms with Crippen LogP contribution in [0.1, 0.15) is 31.7 Å². The first-order valence-electron chi connectivity index (χ1n) is 9.36. The summed E-state index contributed by atoms with van der Waals surface area (Å²) in [6, 6.07) is 9.31. The molecule has 0 spiro atoms. The Kier molecular flexibility index (Phi) is 6.28. The van der Waals surface area contributed by atoms with Gasteiger partial charge in [0, 0.05) is 25.9 Å². The van der Waals surface area contributed by atoms with Crippen molar-refractivity contribution in [1.82, 2.24) is 4.98 Å². The second-order valence-corrected chi connectivity index (χ2v) is 8.86. The molecule has 1 aromatic carbocycles. The average Bonchev–Trinajstić information content (AvgIpc) is 2.68. The van der Waals surface area contributed by atoms with Gasteiger partial charge >= 0.3 is 0 Å². The molecule has 0 bridgehead atoms. The van der Waals surface area contributed by atoms with Crippen molar-refractivity contribution in [3.05, 3.63) is 54.0 Å². The summed E-state index contributed by atoms with van der Waals surface area (Å²) in [6.45, 7) is 3.17. The molecular formula is C20H24FN3O3S. The monoisotopic (exact) mass is 405 g/mol. The van der Waals surface area contributed by atoms with Crippen molar-refractivity contribution in [2.24, 2.45) is 0 Å². The molecule has 1 aliphatic rings. The molecule has 2 heterocycles. The number of nitrogens with zero attached hydrogens (tertiary/aromatic N) is 3. The Morgan fingerprint density at radius 3 is 2.36 bits per heavy atom. The molecule has 0 unspecified atom stereocenters. The first-order valence-corrected chi connectivity index (χ1v) is 11.0. The van der Waals surface area contributed by atoms with Crippen LogP contribution in [0.15, 0.2) is 42.6 Å². The van der Waals surface area contributed by atoms with Crippen LogP contribution in [0.3, 0.4) is 0 Å². The third-order valence-corrected chi connectivity index (χ3v) is 6.64. The zero-order valence-corrected chi connectivity index (χ0v) is 16.7. The third-order valence-electron chi connectivity index (χ3n) is 4.70. The summed E-state index contributed by atoms with van der Waals surface area (Å²) >= 11 is 0. The van der Waals surface area contributed by atoms with Crippen molar-refractivity contribution in [2.75, 3.05) is 28.0 Å². The van der Waals surface area contributed by atoms with E-state index in [1.165, 1.54) is 16.4 Å². The highest BCUT2D eigenvalue weighted by molar-refractivity contribution is 7.92. The molecule has 1 aromatic heterocycles. The SMILES string of the molecule is CCCS(=O)(=O)N(Cc1ccc(F)cc1)c1ccc(N2CCC(=O)CC2)nc1. The van der Waals surface area contributed by atoms with E-state index in [9.17, 15) is 17.6 Å². The largest absolute Gasteiger partial charge is 0.356 e. The molecule has 0 atom stereocenters. The number of sulfonamides is 1. The highest BCUT2D eigenvalue weighted by Gasteiger charge is 2.23. The Bertz CT molecular complexity index is 905. The van der Waals surface area contributed by atoms with Crippen molar-refractivity contribution >= 4 is 27.3 Å². The Morgan fingerprint density at radius 1 is 1.11 bits per heavy atom. The molecule has 0 aliphatic carbocycles. The maximum Gasteiger partial charge on any atom is 0.235 e. The summed E-state index contributed by atoms with van der Waals surface area (Å²) in [6.07, 6.45) is 3.05. The van der Waals surface area contributed by atoms with Gasteiger partial charge in [0.05, 0.1) is 24.2 Å². The maximum atomic E-state index is 13.2. The van der Waals surface area contributed by atoms with Crippen LogP contribution in [0.2, 0.25) is 0 Å². The minimum atomic E-state index is -3.54. The molecule has 1 saturated heterocycles. The zero-order chi connectivity index (χ0) is 20.1. The van der Waals surface area contributed by atoms with Crippen molar-refractivity contribution in [2.45, 2.75) is 32.7 Å². The molecule has 1 fully saturated rings. The molecule has 0 radical (unpaired) electrons. The topological polar surface area (TPSA) is 70.6 Å². The van der Waals surface area contributed by atoms with Gasteiger partial charge in [-0.2, -0.15) is 0 Å². The van der Waals surface area contributed by atoms with Crippen LogP contribution in [0.5, 0.6) is 0 Å². The number of hydrogen-bond acceptors (Lipinski definition) is 5. The number of pyridine rings is 1. The number of ketones is 1. The molecule has 0 saturated carbocycles. The van der Waals surface area contributed by atoms with Gasteiger partial charge in [-0.1, -0.05) is 19.1 Å². The number of carbonyl (C=O) groups excluding carboxylic acids is 1. The van der Waals surface area contributed by atoms with Gasteiger partial charge < -0.3 is 4.90 Å². The van der Waals surface area contributed by atoms with Crippen LogP contribution < -0.4 is 9.21 Å². The van der Waals surface area contributed by atoms with Crippen LogP contribution in [0, 0.1) is 5.82 Å². The van der Waals surface area contributed by atoms with Gasteiger partial charge in [-0.25, -0.2) is 17.8 Å². The van der Waals surface area contributed by atoms with E-state index < -0.39 is 10.0 Å². The molecule has 2 aromatic rings. The summed E-state index contributed by atoms with van der Waals surface area (Å²) in [5.74, 6) is 0.636. The summed E-state index contributed by atoms with van der Waals surface area (Å²) in [5.41, 5.74) is 1.16. The predicted molar refractivity (Wildman–Crippen MR) is 107 cm³/mol. The van der Waals surface area contributed by atoms with Crippen molar-refractivity contribution in [3.63, 3.8) is 0 Å². The van der Waals surface area contributed by atoms with Crippen LogP contribution in [-0.2, 0) is 21.4 Å². The fourth-order valence-electron chi connectivity index (χ4n) is 3.17. The van der Waals surface area contributed by atoms with E-state index in [0.29, 0.717) is 43.6 Å². The fourth-order valence-corrected chi connectivity index (χ4v) is 4.68. The molecule has 3 rings (SSSR count). The van der Waals surface area contributed by atoms with Crippen molar-refractivity contribution in [1.29, 1.82) is 0 Å². The number of piperidine rings is 1. The minimum Gasteiger partial charge on any atom is -0.356 e. The maximum absolute atomic E-state index is 13.2. The van der Waals surface area contributed by atoms with Gasteiger partial charge in [0.15, 0.2) is 0 Å². The van der Waals surface area contributed by atoms with Gasteiger partial charge in [0.1, 0.15) is 17.4 Å². The number of hydrogen-bond donors (Lipinski definition) is 0. The normalized spacial score (nSPS) is 14.9. The van der Waals surface area contributed by atoms with Crippen LogP contribution in [-0.4, -0.2) is 38.0 Å². The van der Waals surface area contributed by atoms with Crippen LogP contribution in [0.25, 0.3) is 0 Å². The number of aromatic nitrogens is 1. The summed E-state index contributed by atoms with van der Waals surface area (Å²) < 4.78 is 40.1. The summed E-state index contributed by atoms with van der Waals surface area (Å²) in [7, 11) is -3.54. The Hall–Kier alpha value is -2.48. The Balaban J connectivity index is 1.85. The van der Waals surface area contributed by atoms with Crippen LogP contribution in [0.4, 0.5) is 15.9 Å². The smallest absolute Gasteiger partial charge is 0.235 e. The molecule has 150 valence electrons. The van der Waals surface area contributed by atoms with Crippen molar-refractivity contribution < 1.29 is 17.6 Å². The predicted octanol–water partition coefficient (Wildman–Crippen LogP) is 3.14. The van der Waals surface area contributed by atoms with E-state index in [1.54, 1.807) is 30.5 Å². The second-order valence-electron chi connectivity index (χ2n) is 6.85. The minimum absolute atomic E-state index is 0.0180. The van der Waals surface area contributed by atoms with E-state index in [0.717, 1.165) is 5.82 Å². The molecule has 0 N–H and O–H groups in total. The van der Waals surface area contributed by atoms with Gasteiger partial charge in [-0.3, -0.25) is 9.10 Å². The lowest BCUT2D eigenvalue weighted by molar-refractivity contribution is -0.119. The van der Waals surface area contributed by atoms with E-state index in [1.807, 2.05) is 11.8 Å². The standard InChI is InChI=1S/C20H24FN3O3S/c1-2-13-28(26,27)24(15-16-3-5-17(21)6-4-16)18-7-8-20(22-14-18)23-11-9-19(25)10-12-23/h3-8,14H,2,9-13,15H2,1H3. The van der Waals surface area contributed by atoms with E-state index in [4.69, 9.17) is 0 Å². The first-order chi connectivity index (χ1) is 13.4. The molecule has 28 heavy (non-hydrogen) atoms. The average molecular weight is 405 g/mol. The molecule has 6 nitrogen and oxygen atoms in total. The zero-order valence-electron chi connectivity index (χ0n) is 15.8. The third kappa shape index (κ3) is 4.86. The Morgan fingerprint density at radius 2 is 1.79 bits per heavy atom. The van der Waals surface area contributed by atoms with Gasteiger partial charge in [0.25, 0.3) is 0 Å². The van der Waals surface area contributed by atoms with Crippen molar-refractivity contribution in [3.8, 4) is 0 Å². The summed E-state index contributed by atoms with van der Waals surface area (Å²) in [4.78, 5) is 17.9. The highest BCUT2D eigenvalue weighted by atomic mass is 32.2. The fraction of sp³-hybridized carbons (Fsp3) is 0.400. The number of rotatable bonds is 7. The lowest BCUT2D eigenvalue weighted by atomic mass is 10.1. The molecule has 1 aliphatic heterocycles. The number of halogens is 1. The number of benzene rings is 1. The van der Waals surface area contributed by atoms with E-state index in [-0.39, 0.29) is 23.9 Å². The summed E-state index contributed by atoms with van der Waals surface area (Å²) in [5, 5.41) is 0. The number of carbonyl (C=O) groups is 1. The number of Topliss-reactive ketones (excluding diaryl/α,β-unsaturated/α-hetero) is 1. The lowest BCUT2D eigenvalue weighted by Crippen LogP contribution is -2.35. The first kappa shape index (κ1) is 20.3. The lowest BCUT2D eigenvalue weighted by Gasteiger charge is -2.28. The number of anilines is 2. The molecule has 0 amide bonds. The van der Waals surface area contributed by atoms with Gasteiger partial charge in [-0.05, 0) is 36.2 Å². The quantitative estimate of drug-likeness (QED) is 0.708.